The van der Waals surface area contributed by atoms with Gasteiger partial charge >= 0.3 is 0 Å². The van der Waals surface area contributed by atoms with Gasteiger partial charge in [0.05, 0.1) is 5.56 Å². The fraction of sp³-hybridized carbons (Fsp3) is 0.133. The number of nitrogens with zero attached hydrogens (tertiary/aromatic N) is 1. The molecule has 0 bridgehead atoms. The van der Waals surface area contributed by atoms with E-state index >= 15 is 0 Å². The summed E-state index contributed by atoms with van der Waals surface area (Å²) >= 11 is 3.41. The summed E-state index contributed by atoms with van der Waals surface area (Å²) < 4.78 is 6.82. The van der Waals surface area contributed by atoms with Crippen LogP contribution in [0.5, 0.6) is 11.5 Å². The maximum Gasteiger partial charge on any atom is 0.173 e. The molecule has 2 aromatic rings. The molecule has 2 rings (SSSR count). The molecule has 0 spiro atoms. The fourth-order valence-electron chi connectivity index (χ4n) is 1.79. The Morgan fingerprint density at radius 3 is 2.60 bits per heavy atom. The van der Waals surface area contributed by atoms with E-state index in [1.165, 1.54) is 0 Å². The van der Waals surface area contributed by atoms with Crippen LogP contribution in [0, 0.1) is 13.8 Å². The third-order valence-corrected chi connectivity index (χ3v) is 3.38. The van der Waals surface area contributed by atoms with Gasteiger partial charge in [-0.15, -0.1) is 0 Å². The van der Waals surface area contributed by atoms with Gasteiger partial charge in [-0.3, -0.25) is 0 Å². The van der Waals surface area contributed by atoms with E-state index < -0.39 is 0 Å². The van der Waals surface area contributed by atoms with Crippen molar-refractivity contribution >= 4 is 21.8 Å². The van der Waals surface area contributed by atoms with Gasteiger partial charge in [-0.1, -0.05) is 38.8 Å². The monoisotopic (exact) mass is 334 g/mol. The van der Waals surface area contributed by atoms with Crippen molar-refractivity contribution in [3.63, 3.8) is 0 Å². The predicted molar refractivity (Wildman–Crippen MR) is 82.6 cm³/mol. The van der Waals surface area contributed by atoms with Crippen LogP contribution in [0.1, 0.15) is 16.7 Å². The summed E-state index contributed by atoms with van der Waals surface area (Å²) in [5.74, 6) is 1.29. The van der Waals surface area contributed by atoms with E-state index in [0.717, 1.165) is 21.3 Å². The second kappa shape index (κ2) is 5.96. The van der Waals surface area contributed by atoms with Gasteiger partial charge in [0, 0.05) is 4.47 Å². The number of hydrogen-bond donors (Lipinski definition) is 2. The lowest BCUT2D eigenvalue weighted by Gasteiger charge is -2.13. The second-order valence-electron chi connectivity index (χ2n) is 4.50. The van der Waals surface area contributed by atoms with E-state index in [1.54, 1.807) is 0 Å². The van der Waals surface area contributed by atoms with E-state index in [9.17, 15) is 0 Å². The fourth-order valence-corrected chi connectivity index (χ4v) is 2.13. The number of halogens is 1. The van der Waals surface area contributed by atoms with Gasteiger partial charge in [-0.05, 0) is 43.7 Å². The maximum atomic E-state index is 8.87. The molecule has 4 nitrogen and oxygen atoms in total. The van der Waals surface area contributed by atoms with Crippen LogP contribution >= 0.6 is 15.9 Å². The average Bonchev–Trinajstić information content (AvgIpc) is 2.43. The quantitative estimate of drug-likeness (QED) is 0.386. The van der Waals surface area contributed by atoms with Crippen LogP contribution in [0.3, 0.4) is 0 Å². The molecule has 20 heavy (non-hydrogen) atoms. The zero-order chi connectivity index (χ0) is 14.7. The van der Waals surface area contributed by atoms with E-state index in [2.05, 4.69) is 21.1 Å². The third-order valence-electron chi connectivity index (χ3n) is 2.89. The second-order valence-corrected chi connectivity index (χ2v) is 5.41. The molecular formula is C15H15BrN2O2. The van der Waals surface area contributed by atoms with E-state index in [0.29, 0.717) is 11.3 Å². The van der Waals surface area contributed by atoms with Crippen molar-refractivity contribution in [3.05, 3.63) is 57.6 Å². The first-order chi connectivity index (χ1) is 9.51. The highest BCUT2D eigenvalue weighted by Gasteiger charge is 2.11. The van der Waals surface area contributed by atoms with Gasteiger partial charge in [-0.2, -0.15) is 0 Å². The summed E-state index contributed by atoms with van der Waals surface area (Å²) in [5.41, 5.74) is 8.26. The number of nitrogens with two attached hydrogens (primary N) is 1. The highest BCUT2D eigenvalue weighted by atomic mass is 79.9. The molecule has 0 radical (unpaired) electrons. The Balaban J connectivity index is 2.46. The van der Waals surface area contributed by atoms with Crippen molar-refractivity contribution in [2.45, 2.75) is 13.8 Å². The number of aryl methyl sites for hydroxylation is 2. The molecule has 104 valence electrons. The van der Waals surface area contributed by atoms with E-state index in [-0.39, 0.29) is 5.84 Å². The summed E-state index contributed by atoms with van der Waals surface area (Å²) in [6.45, 7) is 3.89. The largest absolute Gasteiger partial charge is 0.456 e. The summed E-state index contributed by atoms with van der Waals surface area (Å²) in [6, 6.07) is 11.3. The van der Waals surface area contributed by atoms with Crippen molar-refractivity contribution in [3.8, 4) is 11.5 Å². The van der Waals surface area contributed by atoms with Crippen molar-refractivity contribution in [2.75, 3.05) is 0 Å². The minimum atomic E-state index is 0.0244. The van der Waals surface area contributed by atoms with Crippen LogP contribution in [0.2, 0.25) is 0 Å². The molecule has 3 N–H and O–H groups in total. The number of oxime groups is 1. The number of ether oxygens (including phenoxy) is 1. The topological polar surface area (TPSA) is 67.8 Å². The molecule has 2 aromatic carbocycles. The average molecular weight is 335 g/mol. The van der Waals surface area contributed by atoms with E-state index in [4.69, 9.17) is 15.7 Å². The first-order valence-corrected chi connectivity index (χ1v) is 6.83. The van der Waals surface area contributed by atoms with Gasteiger partial charge in [0.1, 0.15) is 11.5 Å². The molecule has 0 aliphatic heterocycles. The molecular weight excluding hydrogens is 320 g/mol. The minimum Gasteiger partial charge on any atom is -0.456 e. The molecule has 0 atom stereocenters. The van der Waals surface area contributed by atoms with Crippen LogP contribution in [0.25, 0.3) is 0 Å². The molecule has 0 aliphatic rings. The highest BCUT2D eigenvalue weighted by Crippen LogP contribution is 2.30. The van der Waals surface area contributed by atoms with Crippen LogP contribution < -0.4 is 10.5 Å². The Kier molecular flexibility index (Phi) is 4.29. The summed E-state index contributed by atoms with van der Waals surface area (Å²) in [4.78, 5) is 0. The van der Waals surface area contributed by atoms with Crippen LogP contribution in [0.15, 0.2) is 46.0 Å². The van der Waals surface area contributed by atoms with Crippen LogP contribution in [-0.4, -0.2) is 11.0 Å². The molecule has 0 heterocycles. The normalized spacial score (nSPS) is 11.4. The SMILES string of the molecule is Cc1ccc(Oc2cc(Br)ccc2C)c(/C(N)=N/O)c1. The Hall–Kier alpha value is -2.01. The van der Waals surface area contributed by atoms with Gasteiger partial charge in [-0.25, -0.2) is 0 Å². The number of amidine groups is 1. The molecule has 0 fully saturated rings. The lowest BCUT2D eigenvalue weighted by molar-refractivity contribution is 0.318. The molecule has 5 heteroatoms. The van der Waals surface area contributed by atoms with E-state index in [1.807, 2.05) is 50.2 Å². The van der Waals surface area contributed by atoms with Gasteiger partial charge in [0.15, 0.2) is 5.84 Å². The first kappa shape index (κ1) is 14.4. The van der Waals surface area contributed by atoms with Crippen LogP contribution in [-0.2, 0) is 0 Å². The predicted octanol–water partition coefficient (Wildman–Crippen LogP) is 3.95. The summed E-state index contributed by atoms with van der Waals surface area (Å²) in [7, 11) is 0. The molecule has 0 unspecified atom stereocenters. The number of benzene rings is 2. The van der Waals surface area contributed by atoms with Gasteiger partial charge in [0.25, 0.3) is 0 Å². The Morgan fingerprint density at radius 1 is 1.15 bits per heavy atom. The Morgan fingerprint density at radius 2 is 1.90 bits per heavy atom. The van der Waals surface area contributed by atoms with Crippen molar-refractivity contribution < 1.29 is 9.94 Å². The maximum absolute atomic E-state index is 8.87. The first-order valence-electron chi connectivity index (χ1n) is 6.04. The lowest BCUT2D eigenvalue weighted by Crippen LogP contribution is -2.14. The number of hydrogen-bond acceptors (Lipinski definition) is 3. The third kappa shape index (κ3) is 3.11. The van der Waals surface area contributed by atoms with Crippen molar-refractivity contribution in [2.24, 2.45) is 10.9 Å². The summed E-state index contributed by atoms with van der Waals surface area (Å²) in [5, 5.41) is 11.9. The minimum absolute atomic E-state index is 0.0244. The molecule has 0 saturated heterocycles. The molecule has 0 saturated carbocycles. The Bertz CT molecular complexity index is 669. The lowest BCUT2D eigenvalue weighted by atomic mass is 10.1. The van der Waals surface area contributed by atoms with Crippen LogP contribution in [0.4, 0.5) is 0 Å². The van der Waals surface area contributed by atoms with Crippen molar-refractivity contribution in [1.29, 1.82) is 0 Å². The molecule has 0 aromatic heterocycles. The smallest absolute Gasteiger partial charge is 0.173 e. The number of rotatable bonds is 3. The highest BCUT2D eigenvalue weighted by molar-refractivity contribution is 9.10. The zero-order valence-electron chi connectivity index (χ0n) is 11.2. The van der Waals surface area contributed by atoms with Crippen molar-refractivity contribution in [1.82, 2.24) is 0 Å². The molecule has 0 amide bonds. The zero-order valence-corrected chi connectivity index (χ0v) is 12.8. The Labute approximate surface area is 126 Å². The standard InChI is InChI=1S/C15H15BrN2O2/c1-9-3-6-13(12(7-9)15(17)18-19)20-14-8-11(16)5-4-10(14)2/h3-8,19H,1-2H3,(H2,17,18). The van der Waals surface area contributed by atoms with Gasteiger partial charge < -0.3 is 15.7 Å². The molecule has 0 aliphatic carbocycles. The van der Waals surface area contributed by atoms with Gasteiger partial charge in [0.2, 0.25) is 0 Å². The summed E-state index contributed by atoms with van der Waals surface area (Å²) in [6.07, 6.45) is 0.